The Bertz CT molecular complexity index is 888. The fraction of sp³-hybridized carbons (Fsp3) is 0.520. The molecule has 2 atom stereocenters. The summed E-state index contributed by atoms with van der Waals surface area (Å²) in [5.41, 5.74) is 1.26. The molecule has 0 radical (unpaired) electrons. The Morgan fingerprint density at radius 3 is 2.50 bits per heavy atom. The third kappa shape index (κ3) is 4.99. The number of carbonyl (C=O) groups is 2. The smallest absolute Gasteiger partial charge is 0.289 e. The quantitative estimate of drug-likeness (QED) is 0.747. The van der Waals surface area contributed by atoms with Crippen LogP contribution >= 0.6 is 0 Å². The normalized spacial score (nSPS) is 22.5. The minimum Gasteiger partial charge on any atom is -0.497 e. The molecule has 0 aliphatic carbocycles. The highest BCUT2D eigenvalue weighted by atomic mass is 16.5. The first-order valence-electron chi connectivity index (χ1n) is 11.5. The van der Waals surface area contributed by atoms with E-state index in [-0.39, 0.29) is 23.8 Å². The average Bonchev–Trinajstić information content (AvgIpc) is 3.37. The van der Waals surface area contributed by atoms with E-state index in [2.05, 4.69) is 29.4 Å². The molecule has 2 unspecified atom stereocenters. The Balaban J connectivity index is 1.31. The van der Waals surface area contributed by atoms with E-state index < -0.39 is 0 Å². The zero-order valence-electron chi connectivity index (χ0n) is 19.0. The number of rotatable bonds is 6. The summed E-state index contributed by atoms with van der Waals surface area (Å²) < 4.78 is 10.5. The van der Waals surface area contributed by atoms with Gasteiger partial charge in [-0.25, -0.2) is 0 Å². The summed E-state index contributed by atoms with van der Waals surface area (Å²) in [6.07, 6.45) is 5.11. The Morgan fingerprint density at radius 2 is 1.84 bits per heavy atom. The lowest BCUT2D eigenvalue weighted by Crippen LogP contribution is -2.46. The highest BCUT2D eigenvalue weighted by Gasteiger charge is 2.33. The number of hydrogen-bond donors (Lipinski definition) is 1. The second-order valence-electron chi connectivity index (χ2n) is 8.89. The largest absolute Gasteiger partial charge is 0.497 e. The average molecular weight is 440 g/mol. The van der Waals surface area contributed by atoms with Gasteiger partial charge in [0.15, 0.2) is 5.76 Å². The maximum Gasteiger partial charge on any atom is 0.289 e. The number of nitrogens with zero attached hydrogens (tertiary/aromatic N) is 2. The van der Waals surface area contributed by atoms with Gasteiger partial charge >= 0.3 is 0 Å². The Morgan fingerprint density at radius 1 is 1.09 bits per heavy atom. The Labute approximate surface area is 189 Å². The Kier molecular flexibility index (Phi) is 7.15. The van der Waals surface area contributed by atoms with Crippen molar-refractivity contribution in [2.24, 2.45) is 11.8 Å². The van der Waals surface area contributed by atoms with Crippen molar-refractivity contribution in [2.45, 2.75) is 31.7 Å². The van der Waals surface area contributed by atoms with E-state index in [1.54, 1.807) is 24.1 Å². The van der Waals surface area contributed by atoms with Crippen molar-refractivity contribution in [3.05, 3.63) is 54.0 Å². The summed E-state index contributed by atoms with van der Waals surface area (Å²) in [6.45, 7) is 2.89. The van der Waals surface area contributed by atoms with Crippen molar-refractivity contribution in [1.29, 1.82) is 0 Å². The van der Waals surface area contributed by atoms with Crippen LogP contribution < -0.4 is 10.1 Å². The monoisotopic (exact) mass is 439 g/mol. The molecule has 32 heavy (non-hydrogen) atoms. The first-order chi connectivity index (χ1) is 15.6. The number of amides is 2. The van der Waals surface area contributed by atoms with Gasteiger partial charge in [-0.15, -0.1) is 0 Å². The van der Waals surface area contributed by atoms with Crippen molar-refractivity contribution < 1.29 is 18.7 Å². The third-order valence-electron chi connectivity index (χ3n) is 6.89. The maximum absolute atomic E-state index is 12.9. The molecule has 7 nitrogen and oxygen atoms in total. The van der Waals surface area contributed by atoms with E-state index in [4.69, 9.17) is 9.15 Å². The van der Waals surface area contributed by atoms with E-state index in [9.17, 15) is 9.59 Å². The SMILES string of the molecule is COc1ccc(C2C(CNC(=O)C3CCN(C(=O)c4ccco4)CC3)CCCN2C)cc1. The summed E-state index contributed by atoms with van der Waals surface area (Å²) >= 11 is 0. The molecule has 7 heteroatoms. The summed E-state index contributed by atoms with van der Waals surface area (Å²) in [6, 6.07) is 12.0. The number of methoxy groups -OCH3 is 1. The zero-order valence-corrected chi connectivity index (χ0v) is 19.0. The first kappa shape index (κ1) is 22.4. The minimum absolute atomic E-state index is 0.0450. The fourth-order valence-corrected chi connectivity index (χ4v) is 5.08. The van der Waals surface area contributed by atoms with E-state index in [0.29, 0.717) is 44.2 Å². The van der Waals surface area contributed by atoms with Gasteiger partial charge in [0.05, 0.1) is 13.4 Å². The molecule has 0 saturated carbocycles. The van der Waals surface area contributed by atoms with Crippen LogP contribution in [0.25, 0.3) is 0 Å². The van der Waals surface area contributed by atoms with Gasteiger partial charge in [0.1, 0.15) is 5.75 Å². The molecule has 2 fully saturated rings. The van der Waals surface area contributed by atoms with Crippen LogP contribution in [0.4, 0.5) is 0 Å². The lowest BCUT2D eigenvalue weighted by Gasteiger charge is -2.40. The van der Waals surface area contributed by atoms with Crippen LogP contribution in [0, 0.1) is 11.8 Å². The zero-order chi connectivity index (χ0) is 22.5. The van der Waals surface area contributed by atoms with Gasteiger partial charge in [-0.3, -0.25) is 14.5 Å². The topological polar surface area (TPSA) is 75.0 Å². The van der Waals surface area contributed by atoms with Crippen molar-refractivity contribution in [2.75, 3.05) is 40.3 Å². The predicted molar refractivity (Wildman–Crippen MR) is 121 cm³/mol. The third-order valence-corrected chi connectivity index (χ3v) is 6.89. The van der Waals surface area contributed by atoms with Crippen molar-refractivity contribution in [1.82, 2.24) is 15.1 Å². The number of likely N-dealkylation sites (tertiary alicyclic amines) is 2. The summed E-state index contributed by atoms with van der Waals surface area (Å²) in [7, 11) is 3.84. The fourth-order valence-electron chi connectivity index (χ4n) is 5.08. The van der Waals surface area contributed by atoms with E-state index in [1.807, 2.05) is 12.1 Å². The molecule has 0 spiro atoms. The van der Waals surface area contributed by atoms with Gasteiger partial charge in [0.25, 0.3) is 5.91 Å². The number of benzene rings is 1. The van der Waals surface area contributed by atoms with Crippen LogP contribution in [-0.2, 0) is 4.79 Å². The summed E-state index contributed by atoms with van der Waals surface area (Å²) in [4.78, 5) is 29.5. The van der Waals surface area contributed by atoms with Crippen LogP contribution in [0.15, 0.2) is 47.1 Å². The molecule has 2 amide bonds. The lowest BCUT2D eigenvalue weighted by atomic mass is 9.84. The number of carbonyl (C=O) groups excluding carboxylic acids is 2. The van der Waals surface area contributed by atoms with E-state index in [1.165, 1.54) is 11.8 Å². The molecule has 2 saturated heterocycles. The van der Waals surface area contributed by atoms with Crippen molar-refractivity contribution in [3.63, 3.8) is 0 Å². The first-order valence-corrected chi connectivity index (χ1v) is 11.5. The number of piperidine rings is 2. The molecule has 1 aromatic carbocycles. The van der Waals surface area contributed by atoms with Gasteiger partial charge in [-0.2, -0.15) is 0 Å². The predicted octanol–water partition coefficient (Wildman–Crippen LogP) is 3.34. The second-order valence-corrected chi connectivity index (χ2v) is 8.89. The van der Waals surface area contributed by atoms with E-state index in [0.717, 1.165) is 25.1 Å². The van der Waals surface area contributed by atoms with Gasteiger partial charge in [-0.1, -0.05) is 12.1 Å². The number of furan rings is 1. The molecule has 1 aromatic heterocycles. The summed E-state index contributed by atoms with van der Waals surface area (Å²) in [5, 5.41) is 3.22. The molecule has 2 aromatic rings. The minimum atomic E-state index is -0.0959. The van der Waals surface area contributed by atoms with Crippen LogP contribution in [0.3, 0.4) is 0 Å². The number of ether oxygens (including phenoxy) is 1. The molecule has 4 rings (SSSR count). The maximum atomic E-state index is 12.9. The van der Waals surface area contributed by atoms with Gasteiger partial charge in [0, 0.05) is 31.6 Å². The molecular formula is C25H33N3O4. The molecule has 2 aliphatic rings. The highest BCUT2D eigenvalue weighted by molar-refractivity contribution is 5.91. The Hall–Kier alpha value is -2.80. The van der Waals surface area contributed by atoms with Crippen LogP contribution in [-0.4, -0.2) is 62.0 Å². The van der Waals surface area contributed by atoms with Gasteiger partial charge in [0.2, 0.25) is 5.91 Å². The van der Waals surface area contributed by atoms with Crippen LogP contribution in [0.5, 0.6) is 5.75 Å². The molecule has 2 aliphatic heterocycles. The summed E-state index contributed by atoms with van der Waals surface area (Å²) in [5.74, 6) is 1.55. The van der Waals surface area contributed by atoms with Crippen molar-refractivity contribution in [3.8, 4) is 5.75 Å². The second kappa shape index (κ2) is 10.2. The van der Waals surface area contributed by atoms with Gasteiger partial charge in [-0.05, 0) is 75.0 Å². The molecule has 1 N–H and O–H groups in total. The molecule has 172 valence electrons. The van der Waals surface area contributed by atoms with Gasteiger partial charge < -0.3 is 19.4 Å². The van der Waals surface area contributed by atoms with Crippen LogP contribution in [0.1, 0.15) is 47.8 Å². The molecule has 3 heterocycles. The van der Waals surface area contributed by atoms with Crippen molar-refractivity contribution >= 4 is 11.8 Å². The number of hydrogen-bond acceptors (Lipinski definition) is 5. The van der Waals surface area contributed by atoms with Crippen LogP contribution in [0.2, 0.25) is 0 Å². The standard InChI is InChI=1S/C25H33N3O4/c1-27-13-3-5-20(23(27)18-7-9-21(31-2)10-8-18)17-26-24(29)19-11-14-28(15-12-19)25(30)22-6-4-16-32-22/h4,6-10,16,19-20,23H,3,5,11-15,17H2,1-2H3,(H,26,29). The molecular weight excluding hydrogens is 406 g/mol. The highest BCUT2D eigenvalue weighted by Crippen LogP contribution is 2.35. The lowest BCUT2D eigenvalue weighted by molar-refractivity contribution is -0.126. The number of nitrogens with one attached hydrogen (secondary N) is 1. The van der Waals surface area contributed by atoms with E-state index >= 15 is 0 Å². The molecule has 0 bridgehead atoms.